The van der Waals surface area contributed by atoms with Crippen molar-refractivity contribution >= 4 is 245 Å². The van der Waals surface area contributed by atoms with Gasteiger partial charge in [0, 0.05) is 120 Å². The lowest BCUT2D eigenvalue weighted by molar-refractivity contribution is 1.19. The summed E-state index contributed by atoms with van der Waals surface area (Å²) in [5.41, 5.74) is 19.9. The Morgan fingerprint density at radius 1 is 0.237 bits per heavy atom. The Labute approximate surface area is 590 Å². The maximum Gasteiger partial charge on any atom is 0.0991 e. The van der Waals surface area contributed by atoms with Crippen LogP contribution in [0.2, 0.25) is 0 Å². The van der Waals surface area contributed by atoms with Gasteiger partial charge in [-0.25, -0.2) is 0 Å². The fraction of sp³-hybridized carbons (Fsp3) is 0. The van der Waals surface area contributed by atoms with Crippen LogP contribution < -0.4 is 0 Å². The highest BCUT2D eigenvalue weighted by Gasteiger charge is 2.24. The van der Waals surface area contributed by atoms with Crippen molar-refractivity contribution in [2.75, 3.05) is 0 Å². The van der Waals surface area contributed by atoms with Crippen molar-refractivity contribution in [3.63, 3.8) is 0 Å². The molecule has 0 atom stereocenters. The predicted octanol–water partition coefficient (Wildman–Crippen LogP) is 25.1. The van der Waals surface area contributed by atoms with E-state index in [2.05, 4.69) is 347 Å². The third-order valence-corrected chi connectivity index (χ3v) is 22.1. The van der Waals surface area contributed by atoms with Crippen LogP contribution in [0.5, 0.6) is 0 Å². The first kappa shape index (κ1) is 56.6. The lowest BCUT2D eigenvalue weighted by Gasteiger charge is -2.09. The fourth-order valence-corrected chi connectivity index (χ4v) is 18.1. The van der Waals surface area contributed by atoms with E-state index in [1.807, 2.05) is 30.3 Å². The second-order valence-corrected chi connectivity index (χ2v) is 29.1. The van der Waals surface area contributed by atoms with Gasteiger partial charge in [-0.05, 0) is 168 Å². The number of aromatic nitrogens is 5. The van der Waals surface area contributed by atoms with Crippen LogP contribution in [0.1, 0.15) is 11.1 Å². The van der Waals surface area contributed by atoms with Crippen molar-refractivity contribution in [3.05, 3.63) is 301 Å². The van der Waals surface area contributed by atoms with Gasteiger partial charge < -0.3 is 22.2 Å². The summed E-state index contributed by atoms with van der Waals surface area (Å²) in [7, 11) is 0. The highest BCUT2D eigenvalue weighted by Crippen LogP contribution is 2.46. The Morgan fingerprint density at radius 3 is 0.794 bits per heavy atom. The van der Waals surface area contributed by atoms with Crippen LogP contribution in [-0.4, -0.2) is 22.2 Å². The first-order valence-electron chi connectivity index (χ1n) is 31.9. The van der Waals surface area contributed by atoms with Crippen LogP contribution in [0.4, 0.5) is 0 Å². The van der Waals surface area contributed by atoms with Gasteiger partial charge >= 0.3 is 0 Å². The van der Waals surface area contributed by atoms with Gasteiger partial charge in [-0.3, -0.25) is 0 Å². The highest BCUT2D eigenvalue weighted by atomic mass is 127. The van der Waals surface area contributed by atoms with Crippen molar-refractivity contribution in [2.45, 2.75) is 0 Å². The number of fused-ring (bicyclic) bond motifs is 27. The fourth-order valence-electron chi connectivity index (χ4n) is 16.3. The molecule has 0 aliphatic carbocycles. The summed E-state index contributed by atoms with van der Waals surface area (Å²) in [5, 5.41) is 41.5. The molecule has 14 aromatic carbocycles. The van der Waals surface area contributed by atoms with Gasteiger partial charge in [0.15, 0.2) is 0 Å². The quantitative estimate of drug-likeness (QED) is 0.154. The predicted molar refractivity (Wildman–Crippen MR) is 424 cm³/mol. The van der Waals surface area contributed by atoms with E-state index in [-0.39, 0.29) is 0 Å². The molecule has 97 heavy (non-hydrogen) atoms. The van der Waals surface area contributed by atoms with Gasteiger partial charge in [0.1, 0.15) is 0 Å². The van der Waals surface area contributed by atoms with E-state index < -0.39 is 0 Å². The molecule has 0 spiro atoms. The summed E-state index contributed by atoms with van der Waals surface area (Å²) in [6, 6.07) is 101. The minimum absolute atomic E-state index is 0.684. The molecule has 452 valence electrons. The number of para-hydroxylation sites is 7. The third kappa shape index (κ3) is 8.15. The molecule has 9 aromatic heterocycles. The SMILES string of the molecule is Brc1cc2c3ccccc3n3c4ccc(I)cc4c(c1)c23.Brc1cc2c3ccccc3n3c4ccccc4c(c1)c23.N#Cc1ccc2c(c1)c1cc(-n3c4ccccc4c4ccccc43)cc3c4ccccc4n2c31.N#Cc1ccc2c(c1)c1cc(Br)cc3c4ccccc4n2c31. The van der Waals surface area contributed by atoms with Crippen LogP contribution >= 0.6 is 70.4 Å². The summed E-state index contributed by atoms with van der Waals surface area (Å²) in [6.07, 6.45) is 0. The number of nitriles is 2. The van der Waals surface area contributed by atoms with Crippen LogP contribution in [0.25, 0.3) is 180 Å². The van der Waals surface area contributed by atoms with Gasteiger partial charge in [0.05, 0.1) is 100 Å². The topological polar surface area (TPSA) is 70.2 Å². The average molecular weight is 1540 g/mol. The van der Waals surface area contributed by atoms with E-state index in [4.69, 9.17) is 0 Å². The molecular formula is C86H45Br3IN7. The van der Waals surface area contributed by atoms with Crippen LogP contribution in [0, 0.1) is 26.2 Å². The largest absolute Gasteiger partial charge is 0.309 e. The number of hydrogen-bond acceptors (Lipinski definition) is 2. The highest BCUT2D eigenvalue weighted by molar-refractivity contribution is 14.1. The van der Waals surface area contributed by atoms with Crippen molar-refractivity contribution in [3.8, 4) is 17.8 Å². The van der Waals surface area contributed by atoms with Crippen LogP contribution in [0.15, 0.2) is 286 Å². The molecule has 0 aliphatic heterocycles. The number of rotatable bonds is 1. The van der Waals surface area contributed by atoms with Gasteiger partial charge in [0.2, 0.25) is 0 Å². The van der Waals surface area contributed by atoms with Crippen molar-refractivity contribution in [1.29, 1.82) is 10.5 Å². The van der Waals surface area contributed by atoms with Crippen molar-refractivity contribution < 1.29 is 0 Å². The smallest absolute Gasteiger partial charge is 0.0991 e. The molecule has 9 heterocycles. The molecule has 0 aliphatic rings. The zero-order valence-electron chi connectivity index (χ0n) is 51.1. The molecule has 0 N–H and O–H groups in total. The Hall–Kier alpha value is -10.8. The molecule has 11 heteroatoms. The maximum atomic E-state index is 9.58. The first-order chi connectivity index (χ1) is 47.7. The maximum absolute atomic E-state index is 9.58. The molecule has 0 unspecified atom stereocenters. The Kier molecular flexibility index (Phi) is 12.5. The van der Waals surface area contributed by atoms with E-state index in [9.17, 15) is 10.5 Å². The molecule has 7 nitrogen and oxygen atoms in total. The lowest BCUT2D eigenvalue weighted by atomic mass is 10.1. The number of benzene rings is 14. The van der Waals surface area contributed by atoms with Gasteiger partial charge in [0.25, 0.3) is 0 Å². The van der Waals surface area contributed by atoms with E-state index in [1.54, 1.807) is 0 Å². The van der Waals surface area contributed by atoms with Gasteiger partial charge in [-0.15, -0.1) is 0 Å². The Bertz CT molecular complexity index is 7220. The number of halogens is 4. The van der Waals surface area contributed by atoms with Crippen molar-refractivity contribution in [1.82, 2.24) is 22.2 Å². The Balaban J connectivity index is 0.0000000905. The molecule has 23 rings (SSSR count). The first-order valence-corrected chi connectivity index (χ1v) is 35.4. The second kappa shape index (κ2) is 21.4. The lowest BCUT2D eigenvalue weighted by Crippen LogP contribution is -1.93. The zero-order valence-corrected chi connectivity index (χ0v) is 58.0. The molecule has 0 saturated carbocycles. The van der Waals surface area contributed by atoms with Crippen molar-refractivity contribution in [2.24, 2.45) is 0 Å². The summed E-state index contributed by atoms with van der Waals surface area (Å²) in [4.78, 5) is 0. The summed E-state index contributed by atoms with van der Waals surface area (Å²) in [5.74, 6) is 0. The minimum atomic E-state index is 0.684. The summed E-state index contributed by atoms with van der Waals surface area (Å²) in [6.45, 7) is 0. The van der Waals surface area contributed by atoms with Crippen LogP contribution in [-0.2, 0) is 0 Å². The van der Waals surface area contributed by atoms with E-state index in [0.29, 0.717) is 11.1 Å². The monoisotopic (exact) mass is 1540 g/mol. The van der Waals surface area contributed by atoms with E-state index in [1.165, 1.54) is 156 Å². The van der Waals surface area contributed by atoms with Gasteiger partial charge in [-0.2, -0.15) is 10.5 Å². The zero-order chi connectivity index (χ0) is 64.6. The average Bonchev–Trinajstić information content (AvgIpc) is 1.57. The molecular weight excluding hydrogens is 1500 g/mol. The number of nitrogens with zero attached hydrogens (tertiary/aromatic N) is 7. The van der Waals surface area contributed by atoms with Gasteiger partial charge in [-0.1, -0.05) is 175 Å². The molecule has 0 radical (unpaired) electrons. The standard InChI is InChI=1S/C31H17N3.C19H9BrN2.C18H9BrIN.C18H10BrN/c32-18-19-13-14-30-24(15-19)26-17-20(16-25-23-9-3-6-12-29(23)34(30)31(25)26)33-27-10-4-1-7-21(27)22-8-2-5-11-28(22)33;20-12-8-15-13-3-1-2-4-17(13)22-18-6-5-11(10-21)7-14(18)16(9-12)19(15)22;19-10-7-14-12-3-1-2-4-16(12)21-17-6-5-11(20)9-13(17)15(8-10)18(14)21;19-11-9-14-12-5-1-3-7-16(12)20-17-8-4-2-6-13(17)15(10-11)18(14)20/h1-17H;1-9H;1-9H;1-10H. The normalized spacial score (nSPS) is 12.1. The summed E-state index contributed by atoms with van der Waals surface area (Å²) < 4.78 is 16.4. The minimum Gasteiger partial charge on any atom is -0.309 e. The molecule has 0 saturated heterocycles. The van der Waals surface area contributed by atoms with Crippen LogP contribution in [0.3, 0.4) is 0 Å². The summed E-state index contributed by atoms with van der Waals surface area (Å²) >= 11 is 13.4. The molecule has 0 fully saturated rings. The molecule has 23 aromatic rings. The molecule has 0 bridgehead atoms. The Morgan fingerprint density at radius 2 is 0.474 bits per heavy atom. The number of hydrogen-bond donors (Lipinski definition) is 0. The second-order valence-electron chi connectivity index (χ2n) is 25.1. The van der Waals surface area contributed by atoms with E-state index in [0.717, 1.165) is 40.9 Å². The van der Waals surface area contributed by atoms with E-state index >= 15 is 0 Å². The third-order valence-electron chi connectivity index (χ3n) is 20.0. The molecule has 0 amide bonds.